The second kappa shape index (κ2) is 9.83. The van der Waals surface area contributed by atoms with Crippen LogP contribution in [0.1, 0.15) is 46.4 Å². The van der Waals surface area contributed by atoms with E-state index in [1.54, 1.807) is 44.8 Å². The van der Waals surface area contributed by atoms with Gasteiger partial charge in [0.15, 0.2) is 0 Å². The summed E-state index contributed by atoms with van der Waals surface area (Å²) >= 11 is 4.32. The van der Waals surface area contributed by atoms with E-state index in [2.05, 4.69) is 26.3 Å². The van der Waals surface area contributed by atoms with Crippen molar-refractivity contribution in [1.29, 1.82) is 0 Å². The van der Waals surface area contributed by atoms with Gasteiger partial charge in [-0.15, -0.1) is 11.3 Å². The number of esters is 2. The number of ether oxygens (including phenoxy) is 2. The van der Waals surface area contributed by atoms with Gasteiger partial charge in [-0.1, -0.05) is 6.92 Å². The fourth-order valence-electron chi connectivity index (χ4n) is 2.48. The molecule has 152 valence electrons. The first-order chi connectivity index (χ1) is 13.3. The van der Waals surface area contributed by atoms with Crippen molar-refractivity contribution in [3.63, 3.8) is 0 Å². The Kier molecular flexibility index (Phi) is 7.76. The largest absolute Gasteiger partial charge is 0.462 e. The van der Waals surface area contributed by atoms with Crippen molar-refractivity contribution in [3.8, 4) is 0 Å². The molecule has 28 heavy (non-hydrogen) atoms. The van der Waals surface area contributed by atoms with Crippen molar-refractivity contribution in [2.24, 2.45) is 5.92 Å². The molecule has 2 heterocycles. The Balaban J connectivity index is 2.26. The van der Waals surface area contributed by atoms with Gasteiger partial charge in [-0.05, 0) is 42.3 Å². The number of rotatable bonds is 8. The molecule has 0 aliphatic carbocycles. The van der Waals surface area contributed by atoms with Gasteiger partial charge in [0.2, 0.25) is 5.91 Å². The molecule has 0 fully saturated rings. The van der Waals surface area contributed by atoms with Crippen LogP contribution in [0.2, 0.25) is 0 Å². The maximum atomic E-state index is 12.6. The number of hydrogen-bond donors (Lipinski definition) is 1. The second-order valence-corrected chi connectivity index (χ2v) is 7.91. The van der Waals surface area contributed by atoms with Crippen LogP contribution in [0, 0.1) is 12.8 Å². The smallest absolute Gasteiger partial charge is 0.348 e. The van der Waals surface area contributed by atoms with Gasteiger partial charge < -0.3 is 14.8 Å². The Hall–Kier alpha value is -2.20. The predicted octanol–water partition coefficient (Wildman–Crippen LogP) is 3.64. The van der Waals surface area contributed by atoms with Crippen molar-refractivity contribution < 1.29 is 23.9 Å². The Morgan fingerprint density at radius 1 is 1.25 bits per heavy atom. The molecule has 8 nitrogen and oxygen atoms in total. The molecule has 10 heteroatoms. The maximum Gasteiger partial charge on any atom is 0.348 e. The number of amides is 1. The highest BCUT2D eigenvalue weighted by Crippen LogP contribution is 2.34. The summed E-state index contributed by atoms with van der Waals surface area (Å²) < 4.78 is 12.6. The fraction of sp³-hybridized carbons (Fsp3) is 0.444. The van der Waals surface area contributed by atoms with Crippen LogP contribution < -0.4 is 5.32 Å². The number of carbonyl (C=O) groups is 3. The average Bonchev–Trinajstić information content (AvgIpc) is 3.18. The van der Waals surface area contributed by atoms with Gasteiger partial charge in [-0.3, -0.25) is 9.48 Å². The summed E-state index contributed by atoms with van der Waals surface area (Å²) in [6, 6.07) is 0. The number of nitrogens with zero attached hydrogens (tertiary/aromatic N) is 2. The normalized spacial score (nSPS) is 11.8. The second-order valence-electron chi connectivity index (χ2n) is 5.97. The molecule has 0 saturated carbocycles. The SMILES string of the molecule is CCOC(=O)c1sc(NC(=O)C(C)Cn2cc(Br)cn2)c(C(=O)OCC)c1C. The lowest BCUT2D eigenvalue weighted by Gasteiger charge is -2.12. The van der Waals surface area contributed by atoms with E-state index in [4.69, 9.17) is 9.47 Å². The molecule has 1 N–H and O–H groups in total. The zero-order chi connectivity index (χ0) is 20.8. The van der Waals surface area contributed by atoms with Crippen molar-refractivity contribution in [3.05, 3.63) is 32.9 Å². The summed E-state index contributed by atoms with van der Waals surface area (Å²) in [5.74, 6) is -1.85. The maximum absolute atomic E-state index is 12.6. The van der Waals surface area contributed by atoms with E-state index in [0.717, 1.165) is 15.8 Å². The lowest BCUT2D eigenvalue weighted by molar-refractivity contribution is -0.119. The van der Waals surface area contributed by atoms with Crippen molar-refractivity contribution in [2.45, 2.75) is 34.2 Å². The van der Waals surface area contributed by atoms with Gasteiger partial charge in [0.05, 0.1) is 41.9 Å². The van der Waals surface area contributed by atoms with Crippen molar-refractivity contribution in [1.82, 2.24) is 9.78 Å². The van der Waals surface area contributed by atoms with Crippen LogP contribution in [-0.2, 0) is 20.8 Å². The van der Waals surface area contributed by atoms with E-state index in [1.807, 2.05) is 0 Å². The molecular weight excluding hydrogens is 450 g/mol. The number of halogens is 1. The number of hydrogen-bond acceptors (Lipinski definition) is 7. The average molecular weight is 472 g/mol. The van der Waals surface area contributed by atoms with Crippen LogP contribution in [0.25, 0.3) is 0 Å². The summed E-state index contributed by atoms with van der Waals surface area (Å²) in [4.78, 5) is 37.5. The first-order valence-corrected chi connectivity index (χ1v) is 10.4. The predicted molar refractivity (Wildman–Crippen MR) is 109 cm³/mol. The molecule has 2 rings (SSSR count). The number of nitrogens with one attached hydrogen (secondary N) is 1. The molecule has 1 amide bonds. The zero-order valence-corrected chi connectivity index (χ0v) is 18.5. The Bertz CT molecular complexity index is 877. The first kappa shape index (κ1) is 22.1. The highest BCUT2D eigenvalue weighted by molar-refractivity contribution is 9.10. The third-order valence-corrected chi connectivity index (χ3v) is 5.43. The molecule has 2 aromatic heterocycles. The Labute approximate surface area is 175 Å². The summed E-state index contributed by atoms with van der Waals surface area (Å²) in [5, 5.41) is 7.16. The van der Waals surface area contributed by atoms with E-state index >= 15 is 0 Å². The van der Waals surface area contributed by atoms with E-state index < -0.39 is 17.9 Å². The third kappa shape index (κ3) is 5.20. The van der Waals surface area contributed by atoms with Crippen LogP contribution in [-0.4, -0.2) is 40.8 Å². The van der Waals surface area contributed by atoms with E-state index in [9.17, 15) is 14.4 Å². The molecule has 1 atom stereocenters. The van der Waals surface area contributed by atoms with Crippen LogP contribution >= 0.6 is 27.3 Å². The molecule has 0 bridgehead atoms. The topological polar surface area (TPSA) is 99.5 Å². The molecule has 0 aliphatic rings. The summed E-state index contributed by atoms with van der Waals surface area (Å²) in [6.07, 6.45) is 3.40. The van der Waals surface area contributed by atoms with Gasteiger partial charge in [0.1, 0.15) is 9.88 Å². The number of carbonyl (C=O) groups excluding carboxylic acids is 3. The van der Waals surface area contributed by atoms with E-state index in [-0.39, 0.29) is 34.6 Å². The Morgan fingerprint density at radius 3 is 2.46 bits per heavy atom. The quantitative estimate of drug-likeness (QED) is 0.589. The molecule has 1 unspecified atom stereocenters. The molecule has 0 saturated heterocycles. The minimum absolute atomic E-state index is 0.178. The monoisotopic (exact) mass is 471 g/mol. The van der Waals surface area contributed by atoms with Crippen LogP contribution in [0.5, 0.6) is 0 Å². The van der Waals surface area contributed by atoms with Gasteiger partial charge >= 0.3 is 11.9 Å². The molecule has 0 aliphatic heterocycles. The van der Waals surface area contributed by atoms with Crippen LogP contribution in [0.15, 0.2) is 16.9 Å². The first-order valence-electron chi connectivity index (χ1n) is 8.74. The van der Waals surface area contributed by atoms with E-state index in [1.165, 1.54) is 0 Å². The zero-order valence-electron chi connectivity index (χ0n) is 16.1. The lowest BCUT2D eigenvalue weighted by atomic mass is 10.1. The third-order valence-electron chi connectivity index (χ3n) is 3.83. The highest BCUT2D eigenvalue weighted by Gasteiger charge is 2.28. The van der Waals surface area contributed by atoms with Gasteiger partial charge in [-0.25, -0.2) is 9.59 Å². The standard InChI is InChI=1S/C18H22BrN3O5S/c1-5-26-17(24)13-11(4)14(18(25)27-6-2)28-16(13)21-15(23)10(3)8-22-9-12(19)7-20-22/h7,9-10H,5-6,8H2,1-4H3,(H,21,23). The van der Waals surface area contributed by atoms with E-state index in [0.29, 0.717) is 12.1 Å². The fourth-order valence-corrected chi connectivity index (χ4v) is 3.90. The molecule has 0 spiro atoms. The molecular formula is C18H22BrN3O5S. The number of thiophene rings is 1. The van der Waals surface area contributed by atoms with Crippen molar-refractivity contribution >= 4 is 50.1 Å². The number of anilines is 1. The Morgan fingerprint density at radius 2 is 1.89 bits per heavy atom. The van der Waals surface area contributed by atoms with Crippen LogP contribution in [0.3, 0.4) is 0 Å². The summed E-state index contributed by atoms with van der Waals surface area (Å²) in [7, 11) is 0. The highest BCUT2D eigenvalue weighted by atomic mass is 79.9. The molecule has 0 aromatic carbocycles. The number of aromatic nitrogens is 2. The van der Waals surface area contributed by atoms with Crippen molar-refractivity contribution in [2.75, 3.05) is 18.5 Å². The lowest BCUT2D eigenvalue weighted by Crippen LogP contribution is -2.25. The van der Waals surface area contributed by atoms with Gasteiger partial charge in [0, 0.05) is 6.20 Å². The minimum Gasteiger partial charge on any atom is -0.462 e. The molecule has 2 aromatic rings. The van der Waals surface area contributed by atoms with Gasteiger partial charge in [-0.2, -0.15) is 5.10 Å². The summed E-state index contributed by atoms with van der Waals surface area (Å²) in [5.41, 5.74) is 0.609. The van der Waals surface area contributed by atoms with Gasteiger partial charge in [0.25, 0.3) is 0 Å². The molecule has 0 radical (unpaired) electrons. The van der Waals surface area contributed by atoms with Crippen LogP contribution in [0.4, 0.5) is 5.00 Å². The summed E-state index contributed by atoms with van der Waals surface area (Å²) in [6.45, 7) is 7.53. The minimum atomic E-state index is -0.592.